The highest BCUT2D eigenvalue weighted by molar-refractivity contribution is 7.89. The molecule has 0 radical (unpaired) electrons. The highest BCUT2D eigenvalue weighted by Crippen LogP contribution is 2.35. The standard InChI is InChI=1S/C21H26FN5O6S/c1-4-32-21(29)27-8-12-11-33-19-17(34(30,31)25-16(12)9-27)10-26(3)18(19)20(28)24-13-5-6-14(22)15(7-13)23-2/h5-7,10,12,16,23,25H,4,8-9,11H2,1-3H3,(H,24,28). The second-order valence-electron chi connectivity index (χ2n) is 8.08. The van der Waals surface area contributed by atoms with E-state index in [9.17, 15) is 22.4 Å². The molecule has 0 spiro atoms. The van der Waals surface area contributed by atoms with E-state index in [2.05, 4.69) is 15.4 Å². The van der Waals surface area contributed by atoms with E-state index in [1.807, 2.05) is 0 Å². The molecule has 0 bridgehead atoms. The van der Waals surface area contributed by atoms with Crippen LogP contribution in [0.1, 0.15) is 17.4 Å². The second-order valence-corrected chi connectivity index (χ2v) is 9.77. The van der Waals surface area contributed by atoms with Gasteiger partial charge >= 0.3 is 6.09 Å². The zero-order valence-electron chi connectivity index (χ0n) is 18.9. The number of carbonyl (C=O) groups is 2. The Balaban J connectivity index is 1.62. The van der Waals surface area contributed by atoms with E-state index in [0.29, 0.717) is 5.69 Å². The van der Waals surface area contributed by atoms with Crippen molar-refractivity contribution in [3.8, 4) is 5.75 Å². The number of rotatable bonds is 4. The third-order valence-corrected chi connectivity index (χ3v) is 7.30. The van der Waals surface area contributed by atoms with E-state index in [-0.39, 0.29) is 54.2 Å². The fourth-order valence-corrected chi connectivity index (χ4v) is 5.63. The van der Waals surface area contributed by atoms with Gasteiger partial charge in [-0.05, 0) is 25.1 Å². The fourth-order valence-electron chi connectivity index (χ4n) is 4.15. The number of amides is 2. The third kappa shape index (κ3) is 4.40. The van der Waals surface area contributed by atoms with Crippen molar-refractivity contribution in [3.63, 3.8) is 0 Å². The zero-order valence-corrected chi connectivity index (χ0v) is 19.7. The molecule has 1 fully saturated rings. The Morgan fingerprint density at radius 1 is 1.32 bits per heavy atom. The Kier molecular flexibility index (Phi) is 6.41. The molecule has 13 heteroatoms. The number of sulfonamides is 1. The van der Waals surface area contributed by atoms with Crippen LogP contribution in [0.5, 0.6) is 5.75 Å². The van der Waals surface area contributed by atoms with Gasteiger partial charge in [-0.1, -0.05) is 0 Å². The number of aromatic nitrogens is 1. The van der Waals surface area contributed by atoms with Gasteiger partial charge < -0.3 is 29.6 Å². The Labute approximate surface area is 196 Å². The number of aryl methyl sites for hydroxylation is 1. The molecule has 1 aromatic heterocycles. The van der Waals surface area contributed by atoms with E-state index in [1.165, 1.54) is 40.9 Å². The number of benzene rings is 1. The van der Waals surface area contributed by atoms with Crippen LogP contribution >= 0.6 is 0 Å². The molecular formula is C21H26FN5O6S. The molecule has 2 aliphatic heterocycles. The number of nitrogens with zero attached hydrogens (tertiary/aromatic N) is 2. The molecule has 1 saturated heterocycles. The molecular weight excluding hydrogens is 469 g/mol. The molecule has 2 aliphatic rings. The number of fused-ring (bicyclic) bond motifs is 2. The van der Waals surface area contributed by atoms with Crippen molar-refractivity contribution < 1.29 is 31.9 Å². The van der Waals surface area contributed by atoms with Gasteiger partial charge in [-0.15, -0.1) is 0 Å². The summed E-state index contributed by atoms with van der Waals surface area (Å²) in [6.45, 7) is 2.39. The number of hydrogen-bond donors (Lipinski definition) is 3. The summed E-state index contributed by atoms with van der Waals surface area (Å²) in [6.07, 6.45) is 0.779. The van der Waals surface area contributed by atoms with Gasteiger partial charge in [0.1, 0.15) is 10.7 Å². The van der Waals surface area contributed by atoms with Gasteiger partial charge in [-0.3, -0.25) is 4.79 Å². The summed E-state index contributed by atoms with van der Waals surface area (Å²) in [7, 11) is -0.972. The normalized spacial score (nSPS) is 20.9. The first kappa shape index (κ1) is 23.8. The summed E-state index contributed by atoms with van der Waals surface area (Å²) in [5, 5.41) is 5.34. The fraction of sp³-hybridized carbons (Fsp3) is 0.429. The highest BCUT2D eigenvalue weighted by atomic mass is 32.2. The number of ether oxygens (including phenoxy) is 2. The first-order valence-electron chi connectivity index (χ1n) is 10.7. The maximum absolute atomic E-state index is 13.8. The lowest BCUT2D eigenvalue weighted by Gasteiger charge is -2.23. The number of likely N-dealkylation sites (tertiary alicyclic amines) is 1. The lowest BCUT2D eigenvalue weighted by Crippen LogP contribution is -2.43. The maximum atomic E-state index is 13.8. The molecule has 0 saturated carbocycles. The summed E-state index contributed by atoms with van der Waals surface area (Å²) in [4.78, 5) is 26.5. The minimum absolute atomic E-state index is 0.00518. The number of halogens is 1. The minimum Gasteiger partial charge on any atom is -0.489 e. The largest absolute Gasteiger partial charge is 0.489 e. The van der Waals surface area contributed by atoms with Crippen molar-refractivity contribution in [1.82, 2.24) is 14.2 Å². The van der Waals surface area contributed by atoms with E-state index < -0.39 is 33.9 Å². The minimum atomic E-state index is -4.06. The second kappa shape index (κ2) is 9.14. The average molecular weight is 496 g/mol. The van der Waals surface area contributed by atoms with E-state index in [4.69, 9.17) is 9.47 Å². The molecule has 3 N–H and O–H groups in total. The van der Waals surface area contributed by atoms with Gasteiger partial charge in [0, 0.05) is 51.0 Å². The lowest BCUT2D eigenvalue weighted by molar-refractivity contribution is 0.101. The number of anilines is 2. The van der Waals surface area contributed by atoms with E-state index in [1.54, 1.807) is 14.0 Å². The van der Waals surface area contributed by atoms with Gasteiger partial charge in [0.2, 0.25) is 10.0 Å². The predicted octanol–water partition coefficient (Wildman–Crippen LogP) is 1.59. The molecule has 2 amide bonds. The highest BCUT2D eigenvalue weighted by Gasteiger charge is 2.42. The topological polar surface area (TPSA) is 131 Å². The molecule has 184 valence electrons. The summed E-state index contributed by atoms with van der Waals surface area (Å²) < 4.78 is 55.0. The zero-order chi connectivity index (χ0) is 24.6. The van der Waals surface area contributed by atoms with Crippen molar-refractivity contribution >= 4 is 33.4 Å². The van der Waals surface area contributed by atoms with Crippen molar-refractivity contribution in [1.29, 1.82) is 0 Å². The quantitative estimate of drug-likeness (QED) is 0.587. The molecule has 2 unspecified atom stereocenters. The molecule has 2 atom stereocenters. The molecule has 11 nitrogen and oxygen atoms in total. The van der Waals surface area contributed by atoms with Crippen LogP contribution < -0.4 is 20.1 Å². The molecule has 2 aromatic rings. The third-order valence-electron chi connectivity index (χ3n) is 5.82. The summed E-state index contributed by atoms with van der Waals surface area (Å²) >= 11 is 0. The molecule has 34 heavy (non-hydrogen) atoms. The molecule has 3 heterocycles. The summed E-state index contributed by atoms with van der Waals surface area (Å²) in [5.41, 5.74) is 0.509. The van der Waals surface area contributed by atoms with E-state index >= 15 is 0 Å². The lowest BCUT2D eigenvalue weighted by atomic mass is 10.1. The Morgan fingerprint density at radius 3 is 2.79 bits per heavy atom. The Morgan fingerprint density at radius 2 is 2.09 bits per heavy atom. The number of hydrogen-bond acceptors (Lipinski definition) is 7. The Hall–Kier alpha value is -3.32. The van der Waals surface area contributed by atoms with Crippen LogP contribution in [-0.2, 0) is 21.8 Å². The van der Waals surface area contributed by atoms with Crippen molar-refractivity contribution in [2.75, 3.05) is 44.0 Å². The van der Waals surface area contributed by atoms with Crippen LogP contribution in [0.2, 0.25) is 0 Å². The monoisotopic (exact) mass is 495 g/mol. The molecule has 1 aromatic carbocycles. The smallest absolute Gasteiger partial charge is 0.409 e. The maximum Gasteiger partial charge on any atom is 0.409 e. The predicted molar refractivity (Wildman–Crippen MR) is 121 cm³/mol. The van der Waals surface area contributed by atoms with Gasteiger partial charge in [-0.25, -0.2) is 22.3 Å². The van der Waals surface area contributed by atoms with Gasteiger partial charge in [0.15, 0.2) is 11.4 Å². The van der Waals surface area contributed by atoms with Crippen LogP contribution in [0.25, 0.3) is 0 Å². The molecule has 0 aliphatic carbocycles. The van der Waals surface area contributed by atoms with Crippen LogP contribution in [0.3, 0.4) is 0 Å². The van der Waals surface area contributed by atoms with Crippen molar-refractivity contribution in [2.24, 2.45) is 13.0 Å². The van der Waals surface area contributed by atoms with Crippen molar-refractivity contribution in [2.45, 2.75) is 17.9 Å². The number of nitrogens with one attached hydrogen (secondary N) is 3. The van der Waals surface area contributed by atoms with Crippen LogP contribution in [0.15, 0.2) is 29.3 Å². The van der Waals surface area contributed by atoms with Crippen LogP contribution in [-0.4, -0.2) is 69.3 Å². The van der Waals surface area contributed by atoms with Crippen LogP contribution in [0.4, 0.5) is 20.6 Å². The molecule has 4 rings (SSSR count). The SMILES string of the molecule is CCOC(=O)N1CC2COc3c(cn(C)c3C(=O)Nc3ccc(F)c(NC)c3)S(=O)(=O)NC2C1. The summed E-state index contributed by atoms with van der Waals surface area (Å²) in [6, 6.07) is 3.47. The van der Waals surface area contributed by atoms with Crippen LogP contribution in [0, 0.1) is 11.7 Å². The average Bonchev–Trinajstić information content (AvgIpc) is 3.33. The number of carbonyl (C=O) groups excluding carboxylic acids is 2. The Bertz CT molecular complexity index is 1230. The van der Waals surface area contributed by atoms with E-state index in [0.717, 1.165) is 0 Å². The summed E-state index contributed by atoms with van der Waals surface area (Å²) in [5.74, 6) is -1.52. The van der Waals surface area contributed by atoms with Gasteiger partial charge in [-0.2, -0.15) is 0 Å². The van der Waals surface area contributed by atoms with Gasteiger partial charge in [0.05, 0.1) is 18.9 Å². The van der Waals surface area contributed by atoms with Crippen molar-refractivity contribution in [3.05, 3.63) is 35.9 Å². The first-order chi connectivity index (χ1) is 16.1. The first-order valence-corrected chi connectivity index (χ1v) is 12.2. The van der Waals surface area contributed by atoms with Gasteiger partial charge in [0.25, 0.3) is 5.91 Å².